The number of hydrogen-bond donors (Lipinski definition) is 0. The Morgan fingerprint density at radius 3 is 2.29 bits per heavy atom. The van der Waals surface area contributed by atoms with Gasteiger partial charge in [-0.25, -0.2) is 0 Å². The maximum absolute atomic E-state index is 9.82. The monoisotopic (exact) mass is 157 g/mol. The quantitative estimate of drug-likeness (QED) is 0.315. The second-order valence-electron chi connectivity index (χ2n) is 0.550. The maximum Gasteiger partial charge on any atom is 0.518 e. The van der Waals surface area contributed by atoms with Crippen molar-refractivity contribution < 1.29 is 9.26 Å². The first kappa shape index (κ1) is 6.94. The van der Waals surface area contributed by atoms with Crippen molar-refractivity contribution in [2.75, 3.05) is 0 Å². The molecule has 0 fully saturated rings. The Morgan fingerprint density at radius 1 is 1.86 bits per heavy atom. The summed E-state index contributed by atoms with van der Waals surface area (Å²) in [4.78, 5) is 9.36. The first-order valence-corrected chi connectivity index (χ1v) is 4.66. The standard InChI is InChI=1S/NO3PS2/c2-1(3)5(4)7-6. The van der Waals surface area contributed by atoms with E-state index in [9.17, 15) is 14.7 Å². The molecule has 0 aromatic rings. The van der Waals surface area contributed by atoms with Crippen LogP contribution in [0.5, 0.6) is 0 Å². The van der Waals surface area contributed by atoms with E-state index in [1.165, 1.54) is 0 Å². The van der Waals surface area contributed by atoms with Crippen molar-refractivity contribution >= 4 is 27.4 Å². The van der Waals surface area contributed by atoms with E-state index in [1.54, 1.807) is 0 Å². The lowest BCUT2D eigenvalue weighted by Crippen LogP contribution is -1.72. The molecule has 0 rings (SSSR count). The highest BCUT2D eigenvalue weighted by Gasteiger charge is 1.94. The highest BCUT2D eigenvalue weighted by Crippen LogP contribution is 2.01. The zero-order valence-electron chi connectivity index (χ0n) is 2.94. The van der Waals surface area contributed by atoms with Gasteiger partial charge < -0.3 is 0 Å². The van der Waals surface area contributed by atoms with Crippen molar-refractivity contribution in [1.82, 2.24) is 0 Å². The molecule has 0 saturated heterocycles. The fraction of sp³-hybridized carbons (Fsp3) is 0. The molecule has 0 aliphatic rings. The zero-order valence-corrected chi connectivity index (χ0v) is 5.46. The maximum atomic E-state index is 9.82. The van der Waals surface area contributed by atoms with E-state index in [0.29, 0.717) is 9.50 Å². The molecular formula is NO3PS2. The molecule has 0 aromatic heterocycles. The predicted octanol–water partition coefficient (Wildman–Crippen LogP) is 0.465. The average molecular weight is 157 g/mol. The number of rotatable bonds is 1. The molecule has 0 radical (unpaired) electrons. The van der Waals surface area contributed by atoms with Crippen LogP contribution in [0, 0.1) is 10.1 Å². The second kappa shape index (κ2) is 3.01. The highest BCUT2D eigenvalue weighted by atomic mass is 32.9. The number of nitro groups is 1. The van der Waals surface area contributed by atoms with Crippen LogP contribution < -0.4 is 0 Å². The summed E-state index contributed by atoms with van der Waals surface area (Å²) < 4.78 is 8.91. The Bertz CT molecular complexity index is 173. The molecule has 7 heteroatoms. The van der Waals surface area contributed by atoms with Crippen LogP contribution in [0.2, 0.25) is 0 Å². The molecule has 0 aliphatic carbocycles. The van der Waals surface area contributed by atoms with Crippen LogP contribution >= 0.6 is 6.73 Å². The lowest BCUT2D eigenvalue weighted by atomic mass is 13.4. The first-order chi connectivity index (χ1) is 3.18. The van der Waals surface area contributed by atoms with Crippen molar-refractivity contribution in [3.05, 3.63) is 10.1 Å². The van der Waals surface area contributed by atoms with Crippen LogP contribution in [0.1, 0.15) is 0 Å². The minimum atomic E-state index is -2.43. The van der Waals surface area contributed by atoms with Crippen LogP contribution in [0.3, 0.4) is 0 Å². The van der Waals surface area contributed by atoms with Crippen molar-refractivity contribution in [2.45, 2.75) is 0 Å². The molecular weight excluding hydrogens is 157 g/mol. The molecule has 0 amide bonds. The second-order valence-corrected chi connectivity index (χ2v) is 4.23. The van der Waals surface area contributed by atoms with Crippen LogP contribution in [0.4, 0.5) is 0 Å². The van der Waals surface area contributed by atoms with Crippen LogP contribution in [0.15, 0.2) is 0 Å². The Kier molecular flexibility index (Phi) is 2.98. The molecule has 0 spiro atoms. The molecule has 0 saturated carbocycles. The molecule has 0 heterocycles. The van der Waals surface area contributed by atoms with Gasteiger partial charge in [0, 0.05) is 11.2 Å². The van der Waals surface area contributed by atoms with Gasteiger partial charge in [0.25, 0.3) is 0 Å². The van der Waals surface area contributed by atoms with Gasteiger partial charge in [-0.2, -0.15) is 4.57 Å². The third-order valence-corrected chi connectivity index (χ3v) is 2.52. The smallest absolute Gasteiger partial charge is 0.254 e. The molecule has 40 valence electrons. The summed E-state index contributed by atoms with van der Waals surface area (Å²) in [6.45, 7) is -2.43. The SMILES string of the molecule is O=[N+]([O-])P(=O)=S=S. The van der Waals surface area contributed by atoms with Gasteiger partial charge in [-0.15, -0.1) is 0 Å². The Morgan fingerprint density at radius 2 is 2.29 bits per heavy atom. The van der Waals surface area contributed by atoms with Crippen LogP contribution in [-0.4, -0.2) is 4.69 Å². The van der Waals surface area contributed by atoms with Gasteiger partial charge >= 0.3 is 6.73 Å². The van der Waals surface area contributed by atoms with Crippen LogP contribution in [0.25, 0.3) is 0 Å². The molecule has 1 unspecified atom stereocenters. The topological polar surface area (TPSA) is 60.2 Å². The summed E-state index contributed by atoms with van der Waals surface area (Å²) in [6.07, 6.45) is 0. The van der Waals surface area contributed by atoms with Gasteiger partial charge in [0.15, 0.2) is 0 Å². The molecule has 7 heavy (non-hydrogen) atoms. The van der Waals surface area contributed by atoms with E-state index in [1.807, 2.05) is 0 Å². The number of hydrogen-bond acceptors (Lipinski definition) is 4. The van der Waals surface area contributed by atoms with Gasteiger partial charge in [-0.3, -0.25) is 10.1 Å². The zero-order chi connectivity index (χ0) is 5.86. The molecule has 1 atom stereocenters. The lowest BCUT2D eigenvalue weighted by Gasteiger charge is -1.64. The molecule has 4 nitrogen and oxygen atoms in total. The van der Waals surface area contributed by atoms with Crippen molar-refractivity contribution in [1.29, 1.82) is 0 Å². The fourth-order valence-corrected chi connectivity index (χ4v) is 0.735. The third kappa shape index (κ3) is 2.61. The highest BCUT2D eigenvalue weighted by molar-refractivity contribution is 8.31. The largest absolute Gasteiger partial charge is 0.518 e. The molecule has 0 aromatic carbocycles. The van der Waals surface area contributed by atoms with Gasteiger partial charge in [0.05, 0.1) is 9.50 Å². The molecule has 0 N–H and O–H groups in total. The van der Waals surface area contributed by atoms with E-state index in [0.717, 1.165) is 0 Å². The van der Waals surface area contributed by atoms with Gasteiger partial charge in [-0.1, -0.05) is 0 Å². The van der Waals surface area contributed by atoms with E-state index in [2.05, 4.69) is 11.2 Å². The van der Waals surface area contributed by atoms with Gasteiger partial charge in [-0.05, 0) is 0 Å². The summed E-state index contributed by atoms with van der Waals surface area (Å²) in [5.74, 6) is 0. The summed E-state index contributed by atoms with van der Waals surface area (Å²) in [5, 5.41) is 9.36. The van der Waals surface area contributed by atoms with E-state index >= 15 is 0 Å². The fourth-order valence-electron chi connectivity index (χ4n) is 0.0272. The summed E-state index contributed by atoms with van der Waals surface area (Å²) in [7, 11) is 0.326. The Balaban J connectivity index is 4.44. The minimum absolute atomic E-state index is 0.326. The van der Waals surface area contributed by atoms with Crippen LogP contribution in [-0.2, 0) is 25.3 Å². The number of nitrogens with zero attached hydrogens (tertiary/aromatic N) is 1. The van der Waals surface area contributed by atoms with Gasteiger partial charge in [0.2, 0.25) is 0 Å². The summed E-state index contributed by atoms with van der Waals surface area (Å²) >= 11 is 4.04. The molecule has 0 aliphatic heterocycles. The summed E-state index contributed by atoms with van der Waals surface area (Å²) in [6, 6.07) is 0. The summed E-state index contributed by atoms with van der Waals surface area (Å²) in [5.41, 5.74) is 0. The lowest BCUT2D eigenvalue weighted by molar-refractivity contribution is -0.299. The van der Waals surface area contributed by atoms with Gasteiger partial charge in [0.1, 0.15) is 4.69 Å². The first-order valence-electron chi connectivity index (χ1n) is 1.10. The molecule has 0 bridgehead atoms. The third-order valence-electron chi connectivity index (χ3n) is 0.197. The predicted molar refractivity (Wildman–Crippen MR) is 29.3 cm³/mol. The van der Waals surface area contributed by atoms with Crippen molar-refractivity contribution in [2.24, 2.45) is 0 Å². The Hall–Kier alpha value is -0.0600. The Labute approximate surface area is 47.4 Å². The van der Waals surface area contributed by atoms with Crippen molar-refractivity contribution in [3.63, 3.8) is 0 Å². The van der Waals surface area contributed by atoms with E-state index in [-0.39, 0.29) is 0 Å². The van der Waals surface area contributed by atoms with E-state index in [4.69, 9.17) is 0 Å². The normalized spacial score (nSPS) is 10.0. The average Bonchev–Trinajstić information content (AvgIpc) is 1.65. The van der Waals surface area contributed by atoms with E-state index < -0.39 is 11.4 Å². The van der Waals surface area contributed by atoms with Crippen molar-refractivity contribution in [3.8, 4) is 0 Å². The minimum Gasteiger partial charge on any atom is -0.254 e.